The van der Waals surface area contributed by atoms with Crippen molar-refractivity contribution in [3.63, 3.8) is 0 Å². The standard InChI is InChI=1S/C12H14ClN3O3/c13-9-4-5-10(11(8-9)16(18)19)12(17)14-15-6-2-1-3-7-15/h4-5,8H,1-3,6-7H2,(H,14,17). The van der Waals surface area contributed by atoms with Crippen LogP contribution in [0.2, 0.25) is 5.02 Å². The number of piperidine rings is 1. The van der Waals surface area contributed by atoms with E-state index in [0.29, 0.717) is 0 Å². The Hall–Kier alpha value is -1.66. The van der Waals surface area contributed by atoms with E-state index in [9.17, 15) is 14.9 Å². The van der Waals surface area contributed by atoms with Gasteiger partial charge in [-0.15, -0.1) is 0 Å². The van der Waals surface area contributed by atoms with Crippen LogP contribution in [-0.4, -0.2) is 28.9 Å². The molecule has 1 amide bonds. The number of carbonyl (C=O) groups is 1. The highest BCUT2D eigenvalue weighted by molar-refractivity contribution is 6.31. The average molecular weight is 284 g/mol. The van der Waals surface area contributed by atoms with Crippen LogP contribution in [0.15, 0.2) is 18.2 Å². The highest BCUT2D eigenvalue weighted by Gasteiger charge is 2.22. The van der Waals surface area contributed by atoms with E-state index in [1.807, 2.05) is 0 Å². The summed E-state index contributed by atoms with van der Waals surface area (Å²) in [7, 11) is 0. The van der Waals surface area contributed by atoms with Crippen LogP contribution in [0, 0.1) is 10.1 Å². The molecule has 1 aliphatic heterocycles. The van der Waals surface area contributed by atoms with Gasteiger partial charge in [0.15, 0.2) is 0 Å². The van der Waals surface area contributed by atoms with Crippen molar-refractivity contribution < 1.29 is 9.72 Å². The first kappa shape index (κ1) is 13.8. The molecule has 19 heavy (non-hydrogen) atoms. The minimum absolute atomic E-state index is 0.0278. The van der Waals surface area contributed by atoms with Gasteiger partial charge in [0.1, 0.15) is 5.56 Å². The van der Waals surface area contributed by atoms with E-state index in [0.717, 1.165) is 32.4 Å². The maximum Gasteiger partial charge on any atom is 0.283 e. The summed E-state index contributed by atoms with van der Waals surface area (Å²) >= 11 is 5.71. The van der Waals surface area contributed by atoms with Gasteiger partial charge in [-0.05, 0) is 25.0 Å². The number of hydrogen-bond acceptors (Lipinski definition) is 4. The van der Waals surface area contributed by atoms with E-state index in [1.54, 1.807) is 5.01 Å². The predicted molar refractivity (Wildman–Crippen MR) is 71.0 cm³/mol. The van der Waals surface area contributed by atoms with Crippen molar-refractivity contribution in [3.8, 4) is 0 Å². The number of nitro groups is 1. The number of hydrazine groups is 1. The van der Waals surface area contributed by atoms with Crippen LogP contribution in [0.1, 0.15) is 29.6 Å². The lowest BCUT2D eigenvalue weighted by Gasteiger charge is -2.26. The molecule has 1 fully saturated rings. The molecule has 0 saturated carbocycles. The third-order valence-corrected chi connectivity index (χ3v) is 3.25. The van der Waals surface area contributed by atoms with E-state index in [1.165, 1.54) is 18.2 Å². The molecule has 0 aromatic heterocycles. The summed E-state index contributed by atoms with van der Waals surface area (Å²) in [6.07, 6.45) is 3.18. The highest BCUT2D eigenvalue weighted by atomic mass is 35.5. The fraction of sp³-hybridized carbons (Fsp3) is 0.417. The molecular weight excluding hydrogens is 270 g/mol. The SMILES string of the molecule is O=C(NN1CCCCC1)c1ccc(Cl)cc1[N+](=O)[O-]. The molecule has 0 unspecified atom stereocenters. The van der Waals surface area contributed by atoms with Crippen LogP contribution in [-0.2, 0) is 0 Å². The summed E-state index contributed by atoms with van der Waals surface area (Å²) in [5.74, 6) is -0.467. The van der Waals surface area contributed by atoms with Gasteiger partial charge in [0.2, 0.25) is 0 Å². The van der Waals surface area contributed by atoms with Crippen LogP contribution in [0.5, 0.6) is 0 Å². The Balaban J connectivity index is 2.16. The second-order valence-corrected chi connectivity index (χ2v) is 4.84. The van der Waals surface area contributed by atoms with Crippen LogP contribution >= 0.6 is 11.6 Å². The molecule has 6 nitrogen and oxygen atoms in total. The van der Waals surface area contributed by atoms with Gasteiger partial charge in [-0.25, -0.2) is 5.01 Å². The minimum atomic E-state index is -0.600. The Morgan fingerprint density at radius 2 is 2.00 bits per heavy atom. The van der Waals surface area contributed by atoms with Gasteiger partial charge in [-0.1, -0.05) is 18.0 Å². The fourth-order valence-corrected chi connectivity index (χ4v) is 2.22. The van der Waals surface area contributed by atoms with Gasteiger partial charge < -0.3 is 0 Å². The molecule has 7 heteroatoms. The summed E-state index contributed by atoms with van der Waals surface area (Å²) in [4.78, 5) is 22.4. The zero-order chi connectivity index (χ0) is 13.8. The minimum Gasteiger partial charge on any atom is -0.285 e. The first-order chi connectivity index (χ1) is 9.08. The Bertz CT molecular complexity index is 501. The zero-order valence-corrected chi connectivity index (χ0v) is 11.0. The van der Waals surface area contributed by atoms with Crippen LogP contribution in [0.25, 0.3) is 0 Å². The molecule has 1 aromatic rings. The maximum absolute atomic E-state index is 12.0. The zero-order valence-electron chi connectivity index (χ0n) is 10.3. The molecule has 0 spiro atoms. The molecule has 0 atom stereocenters. The maximum atomic E-state index is 12.0. The molecule has 1 heterocycles. The molecule has 102 valence electrons. The summed E-state index contributed by atoms with van der Waals surface area (Å²) < 4.78 is 0. The van der Waals surface area contributed by atoms with E-state index in [2.05, 4.69) is 5.43 Å². The first-order valence-corrected chi connectivity index (χ1v) is 6.45. The van der Waals surface area contributed by atoms with Gasteiger partial charge in [0.25, 0.3) is 11.6 Å². The van der Waals surface area contributed by atoms with Crippen molar-refractivity contribution in [2.45, 2.75) is 19.3 Å². The van der Waals surface area contributed by atoms with Crippen molar-refractivity contribution in [1.82, 2.24) is 10.4 Å². The van der Waals surface area contributed by atoms with Crippen molar-refractivity contribution in [2.24, 2.45) is 0 Å². The number of carbonyl (C=O) groups excluding carboxylic acids is 1. The van der Waals surface area contributed by atoms with Crippen molar-refractivity contribution in [3.05, 3.63) is 38.9 Å². The number of nitrogens with one attached hydrogen (secondary N) is 1. The molecule has 0 bridgehead atoms. The number of rotatable bonds is 3. The molecule has 1 saturated heterocycles. The second kappa shape index (κ2) is 5.99. The molecule has 1 aliphatic rings. The summed E-state index contributed by atoms with van der Waals surface area (Å²) in [5.41, 5.74) is 2.45. The molecule has 0 aliphatic carbocycles. The monoisotopic (exact) mass is 283 g/mol. The molecular formula is C12H14ClN3O3. The molecule has 1 N–H and O–H groups in total. The number of benzene rings is 1. The lowest BCUT2D eigenvalue weighted by molar-refractivity contribution is -0.385. The fourth-order valence-electron chi connectivity index (χ4n) is 2.06. The summed E-state index contributed by atoms with van der Waals surface area (Å²) in [6, 6.07) is 4.03. The van der Waals surface area contributed by atoms with E-state index in [4.69, 9.17) is 11.6 Å². The topological polar surface area (TPSA) is 75.5 Å². The van der Waals surface area contributed by atoms with Gasteiger partial charge >= 0.3 is 0 Å². The summed E-state index contributed by atoms with van der Waals surface area (Å²) in [6.45, 7) is 1.54. The van der Waals surface area contributed by atoms with Crippen molar-refractivity contribution in [1.29, 1.82) is 0 Å². The quantitative estimate of drug-likeness (QED) is 0.682. The van der Waals surface area contributed by atoms with Crippen molar-refractivity contribution in [2.75, 3.05) is 13.1 Å². The lowest BCUT2D eigenvalue weighted by atomic mass is 10.1. The largest absolute Gasteiger partial charge is 0.285 e. The number of nitro benzene ring substituents is 1. The van der Waals surface area contributed by atoms with Gasteiger partial charge in [0, 0.05) is 24.2 Å². The normalized spacial score (nSPS) is 16.1. The smallest absolute Gasteiger partial charge is 0.283 e. The van der Waals surface area contributed by atoms with Crippen LogP contribution < -0.4 is 5.43 Å². The Kier molecular flexibility index (Phi) is 4.34. The third-order valence-electron chi connectivity index (χ3n) is 3.02. The molecule has 1 aromatic carbocycles. The lowest BCUT2D eigenvalue weighted by Crippen LogP contribution is -2.45. The Morgan fingerprint density at radius 3 is 2.63 bits per heavy atom. The van der Waals surface area contributed by atoms with Gasteiger partial charge in [-0.2, -0.15) is 0 Å². The first-order valence-electron chi connectivity index (χ1n) is 6.08. The second-order valence-electron chi connectivity index (χ2n) is 4.41. The third kappa shape index (κ3) is 3.42. The summed E-state index contributed by atoms with van der Waals surface area (Å²) in [5, 5.41) is 13.0. The van der Waals surface area contributed by atoms with Crippen LogP contribution in [0.3, 0.4) is 0 Å². The predicted octanol–water partition coefficient (Wildman–Crippen LogP) is 2.38. The average Bonchev–Trinajstić information content (AvgIpc) is 2.39. The van der Waals surface area contributed by atoms with Gasteiger partial charge in [0.05, 0.1) is 4.92 Å². The number of halogens is 1. The van der Waals surface area contributed by atoms with Crippen molar-refractivity contribution >= 4 is 23.2 Å². The van der Waals surface area contributed by atoms with E-state index >= 15 is 0 Å². The van der Waals surface area contributed by atoms with Gasteiger partial charge in [-0.3, -0.25) is 20.3 Å². The highest BCUT2D eigenvalue weighted by Crippen LogP contribution is 2.23. The Morgan fingerprint density at radius 1 is 1.32 bits per heavy atom. The molecule has 2 rings (SSSR count). The Labute approximate surface area is 115 Å². The number of hydrogen-bond donors (Lipinski definition) is 1. The van der Waals surface area contributed by atoms with E-state index in [-0.39, 0.29) is 16.3 Å². The molecule has 0 radical (unpaired) electrons. The number of amides is 1. The number of nitrogens with zero attached hydrogens (tertiary/aromatic N) is 2. The van der Waals surface area contributed by atoms with E-state index < -0.39 is 10.8 Å². The van der Waals surface area contributed by atoms with Crippen LogP contribution in [0.4, 0.5) is 5.69 Å².